The number of benzene rings is 2. The second-order valence-electron chi connectivity index (χ2n) is 4.48. The van der Waals surface area contributed by atoms with Crippen molar-refractivity contribution in [1.82, 2.24) is 5.32 Å². The highest BCUT2D eigenvalue weighted by Gasteiger charge is 2.14. The Balaban J connectivity index is 2.05. The first-order valence-electron chi connectivity index (χ1n) is 6.10. The largest absolute Gasteiger partial charge is 0.508 e. The highest BCUT2D eigenvalue weighted by Crippen LogP contribution is 2.32. The van der Waals surface area contributed by atoms with Gasteiger partial charge >= 0.3 is 0 Å². The molecule has 0 bridgehead atoms. The number of nitrogens with one attached hydrogen (secondary N) is 1. The third-order valence-corrected chi connectivity index (χ3v) is 3.04. The van der Waals surface area contributed by atoms with Crippen molar-refractivity contribution in [2.45, 2.75) is 19.5 Å². The summed E-state index contributed by atoms with van der Waals surface area (Å²) in [5.41, 5.74) is 1.50. The van der Waals surface area contributed by atoms with Gasteiger partial charge in [0.15, 0.2) is 0 Å². The molecule has 0 fully saturated rings. The van der Waals surface area contributed by atoms with Crippen LogP contribution in [-0.2, 0) is 6.54 Å². The highest BCUT2D eigenvalue weighted by molar-refractivity contribution is 5.45. The molecule has 0 spiro atoms. The molecule has 4 heteroatoms. The van der Waals surface area contributed by atoms with Crippen LogP contribution in [0.4, 0.5) is 0 Å². The van der Waals surface area contributed by atoms with E-state index in [0.717, 1.165) is 5.56 Å². The van der Waals surface area contributed by atoms with E-state index >= 15 is 0 Å². The van der Waals surface area contributed by atoms with Crippen LogP contribution in [0.25, 0.3) is 0 Å². The molecule has 0 aliphatic carbocycles. The van der Waals surface area contributed by atoms with E-state index in [1.54, 1.807) is 30.3 Å². The zero-order chi connectivity index (χ0) is 13.8. The van der Waals surface area contributed by atoms with Crippen molar-refractivity contribution in [2.24, 2.45) is 0 Å². The number of aromatic hydroxyl groups is 3. The molecule has 0 amide bonds. The summed E-state index contributed by atoms with van der Waals surface area (Å²) in [7, 11) is 0. The van der Waals surface area contributed by atoms with Crippen LogP contribution in [0.3, 0.4) is 0 Å². The molecule has 0 saturated heterocycles. The Labute approximate surface area is 112 Å². The molecule has 2 aromatic rings. The highest BCUT2D eigenvalue weighted by atomic mass is 16.3. The molecule has 0 heterocycles. The lowest BCUT2D eigenvalue weighted by Crippen LogP contribution is -2.18. The van der Waals surface area contributed by atoms with Crippen LogP contribution >= 0.6 is 0 Å². The van der Waals surface area contributed by atoms with Crippen LogP contribution in [0, 0.1) is 0 Å². The lowest BCUT2D eigenvalue weighted by Gasteiger charge is -2.17. The average molecular weight is 259 g/mol. The molecule has 0 aliphatic rings. The van der Waals surface area contributed by atoms with E-state index in [0.29, 0.717) is 12.1 Å². The summed E-state index contributed by atoms with van der Waals surface area (Å²) >= 11 is 0. The van der Waals surface area contributed by atoms with Gasteiger partial charge < -0.3 is 20.6 Å². The summed E-state index contributed by atoms with van der Waals surface area (Å²) in [4.78, 5) is 0. The minimum Gasteiger partial charge on any atom is -0.508 e. The Morgan fingerprint density at radius 1 is 0.947 bits per heavy atom. The molecule has 4 N–H and O–H groups in total. The Morgan fingerprint density at radius 2 is 1.53 bits per heavy atom. The van der Waals surface area contributed by atoms with Crippen molar-refractivity contribution < 1.29 is 15.3 Å². The molecular formula is C15H17NO3. The predicted octanol–water partition coefficient (Wildman–Crippen LogP) is 2.65. The van der Waals surface area contributed by atoms with Gasteiger partial charge in [-0.1, -0.05) is 18.2 Å². The van der Waals surface area contributed by atoms with Gasteiger partial charge in [0.05, 0.1) is 5.56 Å². The van der Waals surface area contributed by atoms with Crippen LogP contribution in [0.1, 0.15) is 24.1 Å². The molecule has 1 atom stereocenters. The van der Waals surface area contributed by atoms with Crippen LogP contribution in [-0.4, -0.2) is 15.3 Å². The van der Waals surface area contributed by atoms with E-state index in [1.165, 1.54) is 0 Å². The maximum absolute atomic E-state index is 9.76. The maximum Gasteiger partial charge on any atom is 0.124 e. The molecule has 0 radical (unpaired) electrons. The smallest absolute Gasteiger partial charge is 0.124 e. The summed E-state index contributed by atoms with van der Waals surface area (Å²) in [6.07, 6.45) is 0. The molecule has 0 aromatic heterocycles. The number of hydrogen-bond acceptors (Lipinski definition) is 4. The minimum atomic E-state index is -0.185. The van der Waals surface area contributed by atoms with E-state index in [-0.39, 0.29) is 23.3 Å². The fraction of sp³-hybridized carbons (Fsp3) is 0.200. The molecular weight excluding hydrogens is 242 g/mol. The topological polar surface area (TPSA) is 72.7 Å². The van der Waals surface area contributed by atoms with Gasteiger partial charge in [-0.3, -0.25) is 0 Å². The Kier molecular flexibility index (Phi) is 3.92. The van der Waals surface area contributed by atoms with Crippen LogP contribution in [0.2, 0.25) is 0 Å². The van der Waals surface area contributed by atoms with Gasteiger partial charge in [-0.2, -0.15) is 0 Å². The monoisotopic (exact) mass is 259 g/mol. The summed E-state index contributed by atoms with van der Waals surface area (Å²) in [5, 5.41) is 31.9. The zero-order valence-electron chi connectivity index (χ0n) is 10.7. The van der Waals surface area contributed by atoms with E-state index in [4.69, 9.17) is 0 Å². The summed E-state index contributed by atoms with van der Waals surface area (Å²) in [5.74, 6) is 0.381. The normalized spacial score (nSPS) is 12.3. The number of hydrogen-bond donors (Lipinski definition) is 4. The van der Waals surface area contributed by atoms with Crippen molar-refractivity contribution in [1.29, 1.82) is 0 Å². The summed E-state index contributed by atoms with van der Waals surface area (Å²) in [6.45, 7) is 2.45. The third kappa shape index (κ3) is 3.17. The van der Waals surface area contributed by atoms with Gasteiger partial charge in [0, 0.05) is 12.6 Å². The molecule has 0 saturated carbocycles. The molecule has 4 nitrogen and oxygen atoms in total. The fourth-order valence-corrected chi connectivity index (χ4v) is 1.97. The van der Waals surface area contributed by atoms with E-state index in [9.17, 15) is 15.3 Å². The standard InChI is InChI=1S/C15H17NO3/c1-10(15-13(18)3-2-4-14(15)19)16-9-11-5-7-12(17)8-6-11/h2-8,10,16-19H,9H2,1H3. The van der Waals surface area contributed by atoms with Gasteiger partial charge in [0.2, 0.25) is 0 Å². The number of phenols is 3. The van der Waals surface area contributed by atoms with E-state index in [1.807, 2.05) is 19.1 Å². The Morgan fingerprint density at radius 3 is 2.11 bits per heavy atom. The first kappa shape index (κ1) is 13.2. The van der Waals surface area contributed by atoms with Gasteiger partial charge in [-0.05, 0) is 36.8 Å². The van der Waals surface area contributed by atoms with Crippen molar-refractivity contribution in [3.8, 4) is 17.2 Å². The van der Waals surface area contributed by atoms with Crippen LogP contribution < -0.4 is 5.32 Å². The van der Waals surface area contributed by atoms with Crippen LogP contribution in [0.15, 0.2) is 42.5 Å². The van der Waals surface area contributed by atoms with Gasteiger partial charge in [-0.25, -0.2) is 0 Å². The molecule has 19 heavy (non-hydrogen) atoms. The minimum absolute atomic E-state index is 0.0747. The SMILES string of the molecule is CC(NCc1ccc(O)cc1)c1c(O)cccc1O. The Hall–Kier alpha value is -2.20. The number of rotatable bonds is 4. The van der Waals surface area contributed by atoms with E-state index < -0.39 is 0 Å². The van der Waals surface area contributed by atoms with Crippen molar-refractivity contribution >= 4 is 0 Å². The van der Waals surface area contributed by atoms with Gasteiger partial charge in [0.1, 0.15) is 17.2 Å². The third-order valence-electron chi connectivity index (χ3n) is 3.04. The lowest BCUT2D eigenvalue weighted by atomic mass is 10.1. The molecule has 1 unspecified atom stereocenters. The zero-order valence-corrected chi connectivity index (χ0v) is 10.7. The average Bonchev–Trinajstić information content (AvgIpc) is 2.38. The van der Waals surface area contributed by atoms with Crippen molar-refractivity contribution in [3.63, 3.8) is 0 Å². The molecule has 2 aromatic carbocycles. The van der Waals surface area contributed by atoms with Gasteiger partial charge in [0.25, 0.3) is 0 Å². The molecule has 100 valence electrons. The van der Waals surface area contributed by atoms with Crippen molar-refractivity contribution in [3.05, 3.63) is 53.6 Å². The summed E-state index contributed by atoms with van der Waals surface area (Å²) in [6, 6.07) is 11.4. The second-order valence-corrected chi connectivity index (χ2v) is 4.48. The quantitative estimate of drug-likeness (QED) is 0.681. The van der Waals surface area contributed by atoms with E-state index in [2.05, 4.69) is 5.32 Å². The first-order valence-corrected chi connectivity index (χ1v) is 6.10. The molecule has 2 rings (SSSR count). The van der Waals surface area contributed by atoms with Crippen LogP contribution in [0.5, 0.6) is 17.2 Å². The Bertz CT molecular complexity index is 532. The van der Waals surface area contributed by atoms with Crippen molar-refractivity contribution in [2.75, 3.05) is 0 Å². The first-order chi connectivity index (χ1) is 9.08. The summed E-state index contributed by atoms with van der Waals surface area (Å²) < 4.78 is 0. The number of phenolic OH excluding ortho intramolecular Hbond substituents is 3. The fourth-order valence-electron chi connectivity index (χ4n) is 1.97. The van der Waals surface area contributed by atoms with Gasteiger partial charge in [-0.15, -0.1) is 0 Å². The lowest BCUT2D eigenvalue weighted by molar-refractivity contribution is 0.418. The predicted molar refractivity (Wildman–Crippen MR) is 73.1 cm³/mol. The second kappa shape index (κ2) is 5.63. The molecule has 0 aliphatic heterocycles. The maximum atomic E-state index is 9.76.